The van der Waals surface area contributed by atoms with E-state index in [0.29, 0.717) is 6.54 Å². The summed E-state index contributed by atoms with van der Waals surface area (Å²) in [6.07, 6.45) is -0.213. The van der Waals surface area contributed by atoms with Crippen LogP contribution in [0.1, 0.15) is 6.92 Å². The van der Waals surface area contributed by atoms with Crippen LogP contribution in [0, 0.1) is 0 Å². The molecule has 3 nitrogen and oxygen atoms in total. The average Bonchev–Trinajstić information content (AvgIpc) is 1.35. The van der Waals surface area contributed by atoms with Gasteiger partial charge in [-0.25, -0.2) is 0 Å². The van der Waals surface area contributed by atoms with Crippen molar-refractivity contribution in [3.05, 3.63) is 0 Å². The van der Waals surface area contributed by atoms with Gasteiger partial charge in [0.2, 0.25) is 0 Å². The molecule has 1 atom stereocenters. The van der Waals surface area contributed by atoms with Gasteiger partial charge < -0.3 is 15.9 Å². The Morgan fingerprint density at radius 1 is 1.71 bits per heavy atom. The first-order chi connectivity index (χ1) is 2.77. The molecule has 0 aromatic heterocycles. The number of aliphatic hydroxyl groups excluding tert-OH is 1. The fourth-order valence-electron chi connectivity index (χ4n) is 0.295. The topological polar surface area (TPSA) is 63.8 Å². The molecule has 3 heteroatoms. The summed E-state index contributed by atoms with van der Waals surface area (Å²) in [7, 11) is 1.81. The minimum atomic E-state index is -0.213. The van der Waals surface area contributed by atoms with Crippen LogP contribution in [0.3, 0.4) is 0 Å². The van der Waals surface area contributed by atoms with Crippen LogP contribution >= 0.6 is 0 Å². The summed E-state index contributed by atoms with van der Waals surface area (Å²) in [6.45, 7) is 2.43. The predicted molar refractivity (Wildman–Crippen MR) is 29.2 cm³/mol. The Kier molecular flexibility index (Phi) is 8.39. The van der Waals surface area contributed by atoms with Crippen LogP contribution < -0.4 is 5.32 Å². The van der Waals surface area contributed by atoms with Crippen LogP contribution in [0.2, 0.25) is 0 Å². The first-order valence-corrected chi connectivity index (χ1v) is 2.10. The third kappa shape index (κ3) is 10.7. The van der Waals surface area contributed by atoms with E-state index in [1.165, 1.54) is 0 Å². The standard InChI is InChI=1S/C4H11NO.H2O/c1-4(6)3-5-2;/h4-6H,3H2,1-2H3;1H2. The lowest BCUT2D eigenvalue weighted by Gasteiger charge is -1.97. The minimum Gasteiger partial charge on any atom is -0.412 e. The lowest BCUT2D eigenvalue weighted by Crippen LogP contribution is -2.19. The molecule has 0 aromatic rings. The van der Waals surface area contributed by atoms with E-state index < -0.39 is 0 Å². The molecule has 0 spiro atoms. The van der Waals surface area contributed by atoms with Gasteiger partial charge in [-0.15, -0.1) is 0 Å². The minimum absolute atomic E-state index is 0. The van der Waals surface area contributed by atoms with Crippen molar-refractivity contribution in [2.75, 3.05) is 13.6 Å². The Morgan fingerprint density at radius 3 is 2.14 bits per heavy atom. The summed E-state index contributed by atoms with van der Waals surface area (Å²) in [6, 6.07) is 0. The van der Waals surface area contributed by atoms with Gasteiger partial charge in [0.05, 0.1) is 6.10 Å². The molecule has 0 saturated carbocycles. The van der Waals surface area contributed by atoms with E-state index in [4.69, 9.17) is 5.11 Å². The quantitative estimate of drug-likeness (QED) is 0.463. The van der Waals surface area contributed by atoms with E-state index in [2.05, 4.69) is 5.32 Å². The maximum Gasteiger partial charge on any atom is 0.0636 e. The average molecular weight is 107 g/mol. The summed E-state index contributed by atoms with van der Waals surface area (Å²) in [5.41, 5.74) is 0. The van der Waals surface area contributed by atoms with Gasteiger partial charge in [0.15, 0.2) is 0 Å². The SMILES string of the molecule is CNCC(C)O.O. The summed E-state index contributed by atoms with van der Waals surface area (Å²) in [5, 5.41) is 11.3. The molecule has 7 heavy (non-hydrogen) atoms. The molecule has 0 rings (SSSR count). The largest absolute Gasteiger partial charge is 0.412 e. The third-order valence-electron chi connectivity index (χ3n) is 0.500. The zero-order valence-corrected chi connectivity index (χ0v) is 4.73. The number of aliphatic hydroxyl groups is 1. The molecule has 0 radical (unpaired) electrons. The van der Waals surface area contributed by atoms with E-state index in [1.54, 1.807) is 6.92 Å². The summed E-state index contributed by atoms with van der Waals surface area (Å²) in [5.74, 6) is 0. The zero-order chi connectivity index (χ0) is 4.99. The van der Waals surface area contributed by atoms with Crippen LogP contribution in [-0.4, -0.2) is 30.3 Å². The Balaban J connectivity index is 0. The van der Waals surface area contributed by atoms with E-state index in [1.807, 2.05) is 7.05 Å². The maximum atomic E-state index is 8.49. The number of hydrogen-bond donors (Lipinski definition) is 2. The van der Waals surface area contributed by atoms with Gasteiger partial charge in [0, 0.05) is 6.54 Å². The van der Waals surface area contributed by atoms with Crippen molar-refractivity contribution < 1.29 is 10.6 Å². The van der Waals surface area contributed by atoms with Gasteiger partial charge in [0.1, 0.15) is 0 Å². The van der Waals surface area contributed by atoms with Crippen LogP contribution in [0.15, 0.2) is 0 Å². The lowest BCUT2D eigenvalue weighted by molar-refractivity contribution is 0.194. The maximum absolute atomic E-state index is 8.49. The highest BCUT2D eigenvalue weighted by Gasteiger charge is 1.86. The van der Waals surface area contributed by atoms with Crippen LogP contribution in [0.4, 0.5) is 0 Å². The molecule has 0 saturated heterocycles. The molecule has 0 bridgehead atoms. The van der Waals surface area contributed by atoms with Crippen molar-refractivity contribution in [1.82, 2.24) is 5.32 Å². The van der Waals surface area contributed by atoms with Crippen molar-refractivity contribution in [2.24, 2.45) is 0 Å². The van der Waals surface area contributed by atoms with Crippen LogP contribution in [0.25, 0.3) is 0 Å². The molecule has 4 N–H and O–H groups in total. The number of nitrogens with one attached hydrogen (secondary N) is 1. The molecule has 0 amide bonds. The second kappa shape index (κ2) is 5.88. The molecule has 0 aliphatic carbocycles. The highest BCUT2D eigenvalue weighted by atomic mass is 16.3. The van der Waals surface area contributed by atoms with Crippen molar-refractivity contribution in [3.63, 3.8) is 0 Å². The molecule has 0 aliphatic rings. The number of likely N-dealkylation sites (N-methyl/N-ethyl adjacent to an activating group) is 1. The molecule has 0 fully saturated rings. The Morgan fingerprint density at radius 2 is 2.14 bits per heavy atom. The van der Waals surface area contributed by atoms with Gasteiger partial charge >= 0.3 is 0 Å². The van der Waals surface area contributed by atoms with E-state index in [-0.39, 0.29) is 11.6 Å². The first kappa shape index (κ1) is 9.99. The molecular weight excluding hydrogens is 94.0 g/mol. The number of rotatable bonds is 2. The summed E-state index contributed by atoms with van der Waals surface area (Å²) < 4.78 is 0. The lowest BCUT2D eigenvalue weighted by atomic mass is 10.4. The van der Waals surface area contributed by atoms with E-state index in [9.17, 15) is 0 Å². The fourth-order valence-corrected chi connectivity index (χ4v) is 0.295. The Hall–Kier alpha value is -0.120. The van der Waals surface area contributed by atoms with Gasteiger partial charge in [-0.3, -0.25) is 0 Å². The summed E-state index contributed by atoms with van der Waals surface area (Å²) in [4.78, 5) is 0. The smallest absolute Gasteiger partial charge is 0.0636 e. The first-order valence-electron chi connectivity index (χ1n) is 2.10. The van der Waals surface area contributed by atoms with Gasteiger partial charge in [-0.2, -0.15) is 0 Å². The fraction of sp³-hybridized carbons (Fsp3) is 1.00. The second-order valence-electron chi connectivity index (χ2n) is 1.41. The second-order valence-corrected chi connectivity index (χ2v) is 1.41. The molecule has 0 aromatic carbocycles. The predicted octanol–water partition coefficient (Wildman–Crippen LogP) is -1.24. The van der Waals surface area contributed by atoms with E-state index in [0.717, 1.165) is 0 Å². The highest BCUT2D eigenvalue weighted by molar-refractivity contribution is 4.44. The normalized spacial score (nSPS) is 12.4. The monoisotopic (exact) mass is 107 g/mol. The van der Waals surface area contributed by atoms with Crippen molar-refractivity contribution in [2.45, 2.75) is 13.0 Å². The van der Waals surface area contributed by atoms with Gasteiger partial charge in [0.25, 0.3) is 0 Å². The Labute approximate surface area is 43.7 Å². The third-order valence-corrected chi connectivity index (χ3v) is 0.500. The summed E-state index contributed by atoms with van der Waals surface area (Å²) >= 11 is 0. The Bertz CT molecular complexity index is 30.9. The van der Waals surface area contributed by atoms with Gasteiger partial charge in [-0.1, -0.05) is 0 Å². The molecule has 46 valence electrons. The number of hydrogen-bond acceptors (Lipinski definition) is 2. The van der Waals surface area contributed by atoms with E-state index >= 15 is 0 Å². The zero-order valence-electron chi connectivity index (χ0n) is 4.73. The van der Waals surface area contributed by atoms with Crippen molar-refractivity contribution in [3.8, 4) is 0 Å². The van der Waals surface area contributed by atoms with Gasteiger partial charge in [-0.05, 0) is 14.0 Å². The van der Waals surface area contributed by atoms with Crippen molar-refractivity contribution in [1.29, 1.82) is 0 Å². The van der Waals surface area contributed by atoms with Crippen LogP contribution in [0.5, 0.6) is 0 Å². The van der Waals surface area contributed by atoms with Crippen molar-refractivity contribution >= 4 is 0 Å². The van der Waals surface area contributed by atoms with Crippen LogP contribution in [-0.2, 0) is 0 Å². The molecule has 1 unspecified atom stereocenters. The molecular formula is C4H13NO2. The molecule has 0 heterocycles. The molecule has 0 aliphatic heterocycles. The highest BCUT2D eigenvalue weighted by Crippen LogP contribution is 1.69.